The molecule has 1 saturated carbocycles. The molecule has 0 radical (unpaired) electrons. The van der Waals surface area contributed by atoms with E-state index in [9.17, 15) is 14.0 Å². The Morgan fingerprint density at radius 2 is 1.83 bits per heavy atom. The topological polar surface area (TPSA) is 67.2 Å². The van der Waals surface area contributed by atoms with Gasteiger partial charge in [0.05, 0.1) is 17.5 Å². The molecule has 7 heteroatoms. The van der Waals surface area contributed by atoms with Crippen molar-refractivity contribution in [2.24, 2.45) is 0 Å². The van der Waals surface area contributed by atoms with Crippen molar-refractivity contribution >= 4 is 34.5 Å². The average Bonchev–Trinajstić information content (AvgIpc) is 3.41. The van der Waals surface area contributed by atoms with Crippen molar-refractivity contribution in [3.05, 3.63) is 54.3 Å². The van der Waals surface area contributed by atoms with Crippen molar-refractivity contribution in [1.29, 1.82) is 0 Å². The second kappa shape index (κ2) is 6.99. The van der Waals surface area contributed by atoms with Crippen molar-refractivity contribution in [3.8, 4) is 0 Å². The highest BCUT2D eigenvalue weighted by Gasteiger charge is 2.44. The molecule has 2 aromatic carbocycles. The van der Waals surface area contributed by atoms with Crippen LogP contribution in [0.3, 0.4) is 0 Å². The van der Waals surface area contributed by atoms with Crippen molar-refractivity contribution in [2.75, 3.05) is 10.2 Å². The Morgan fingerprint density at radius 3 is 2.59 bits per heavy atom. The first kappa shape index (κ1) is 17.8. The van der Waals surface area contributed by atoms with Crippen LogP contribution in [-0.2, 0) is 9.59 Å². The van der Waals surface area contributed by atoms with Crippen LogP contribution in [0.1, 0.15) is 38.1 Å². The monoisotopic (exact) mass is 392 g/mol. The van der Waals surface area contributed by atoms with Gasteiger partial charge in [-0.1, -0.05) is 25.0 Å². The zero-order valence-electron chi connectivity index (χ0n) is 15.8. The molecule has 1 fully saturated rings. The third kappa shape index (κ3) is 3.06. The summed E-state index contributed by atoms with van der Waals surface area (Å²) in [4.78, 5) is 32.5. The molecule has 148 valence electrons. The Kier molecular flexibility index (Phi) is 4.30. The molecule has 5 rings (SSSR count). The normalized spacial score (nSPS) is 19.1. The van der Waals surface area contributed by atoms with E-state index in [1.807, 2.05) is 33.7 Å². The molecular weight excluding hydrogens is 371 g/mol. The Bertz CT molecular complexity index is 1090. The number of amides is 2. The van der Waals surface area contributed by atoms with Gasteiger partial charge in [0.25, 0.3) is 5.91 Å². The second-order valence-electron chi connectivity index (χ2n) is 7.69. The fraction of sp³-hybridized carbons (Fsp3) is 0.318. The molecule has 1 aromatic heterocycles. The number of hydrogen-bond acceptors (Lipinski definition) is 3. The molecule has 0 saturated heterocycles. The Labute approximate surface area is 167 Å². The lowest BCUT2D eigenvalue weighted by molar-refractivity contribution is -0.125. The van der Waals surface area contributed by atoms with E-state index < -0.39 is 6.04 Å². The number of para-hydroxylation sites is 2. The summed E-state index contributed by atoms with van der Waals surface area (Å²) in [6.07, 6.45) is 4.13. The molecule has 1 N–H and O–H groups in total. The molecule has 2 amide bonds. The minimum Gasteiger partial charge on any atom is -0.326 e. The molecule has 2 aliphatic rings. The van der Waals surface area contributed by atoms with Gasteiger partial charge in [0.15, 0.2) is 0 Å². The summed E-state index contributed by atoms with van der Waals surface area (Å²) in [6, 6.07) is 12.8. The zero-order valence-corrected chi connectivity index (χ0v) is 15.8. The summed E-state index contributed by atoms with van der Waals surface area (Å²) >= 11 is 0. The van der Waals surface area contributed by atoms with E-state index in [-0.39, 0.29) is 30.1 Å². The lowest BCUT2D eigenvalue weighted by Gasteiger charge is -2.22. The van der Waals surface area contributed by atoms with E-state index in [1.165, 1.54) is 24.3 Å². The summed E-state index contributed by atoms with van der Waals surface area (Å²) in [5.41, 5.74) is 2.18. The predicted molar refractivity (Wildman–Crippen MR) is 108 cm³/mol. The summed E-state index contributed by atoms with van der Waals surface area (Å²) in [5.74, 6) is -0.0789. The molecule has 1 aliphatic carbocycles. The zero-order chi connectivity index (χ0) is 20.0. The maximum absolute atomic E-state index is 13.3. The smallest absolute Gasteiger partial charge is 0.253 e. The van der Waals surface area contributed by atoms with Crippen molar-refractivity contribution in [3.63, 3.8) is 0 Å². The number of fused-ring (bicyclic) bond motifs is 3. The van der Waals surface area contributed by atoms with E-state index in [0.717, 1.165) is 36.7 Å². The van der Waals surface area contributed by atoms with Crippen LogP contribution in [0.5, 0.6) is 0 Å². The van der Waals surface area contributed by atoms with Crippen LogP contribution in [-0.4, -0.2) is 27.4 Å². The molecule has 0 unspecified atom stereocenters. The van der Waals surface area contributed by atoms with Crippen LogP contribution >= 0.6 is 0 Å². The van der Waals surface area contributed by atoms with E-state index in [4.69, 9.17) is 4.98 Å². The van der Waals surface area contributed by atoms with Gasteiger partial charge in [0, 0.05) is 11.7 Å². The van der Waals surface area contributed by atoms with E-state index in [0.29, 0.717) is 11.6 Å². The van der Waals surface area contributed by atoms with Gasteiger partial charge in [-0.3, -0.25) is 19.1 Å². The number of carbonyl (C=O) groups is 2. The quantitative estimate of drug-likeness (QED) is 0.729. The molecular formula is C22H21FN4O2. The van der Waals surface area contributed by atoms with Crippen LogP contribution in [0, 0.1) is 5.82 Å². The van der Waals surface area contributed by atoms with Crippen LogP contribution in [0.4, 0.5) is 16.0 Å². The largest absolute Gasteiger partial charge is 0.326 e. The van der Waals surface area contributed by atoms with E-state index in [1.54, 1.807) is 0 Å². The van der Waals surface area contributed by atoms with Crippen LogP contribution in [0.2, 0.25) is 0 Å². The fourth-order valence-corrected chi connectivity index (χ4v) is 4.48. The standard InChI is InChI=1S/C22H21FN4O2/c23-14-9-11-15(12-10-14)24-20(28)13-19-21(29)26(16-5-1-2-6-16)22-25-17-7-3-4-8-18(17)27(19)22/h3-4,7-12,16,19H,1-2,5-6,13H2,(H,24,28)/t19-/m0/s1. The maximum atomic E-state index is 13.3. The number of hydrogen-bond donors (Lipinski definition) is 1. The van der Waals surface area contributed by atoms with Gasteiger partial charge in [-0.15, -0.1) is 0 Å². The summed E-state index contributed by atoms with van der Waals surface area (Å²) in [7, 11) is 0. The molecule has 0 bridgehead atoms. The van der Waals surface area contributed by atoms with Gasteiger partial charge >= 0.3 is 0 Å². The molecule has 1 atom stereocenters. The molecule has 0 spiro atoms. The first-order valence-electron chi connectivity index (χ1n) is 9.97. The highest BCUT2D eigenvalue weighted by Crippen LogP contribution is 2.40. The number of rotatable bonds is 4. The molecule has 1 aliphatic heterocycles. The van der Waals surface area contributed by atoms with Gasteiger partial charge in [0.2, 0.25) is 11.9 Å². The number of aromatic nitrogens is 2. The Morgan fingerprint density at radius 1 is 1.10 bits per heavy atom. The third-order valence-corrected chi connectivity index (χ3v) is 5.82. The van der Waals surface area contributed by atoms with Crippen LogP contribution < -0.4 is 10.2 Å². The Balaban J connectivity index is 1.47. The van der Waals surface area contributed by atoms with Crippen LogP contribution in [0.15, 0.2) is 48.5 Å². The number of carbonyl (C=O) groups excluding carboxylic acids is 2. The van der Waals surface area contributed by atoms with Gasteiger partial charge in [-0.05, 0) is 49.2 Å². The maximum Gasteiger partial charge on any atom is 0.253 e. The van der Waals surface area contributed by atoms with Crippen molar-refractivity contribution < 1.29 is 14.0 Å². The molecule has 6 nitrogen and oxygen atoms in total. The number of benzene rings is 2. The molecule has 2 heterocycles. The lowest BCUT2D eigenvalue weighted by atomic mass is 10.1. The predicted octanol–water partition coefficient (Wildman–Crippen LogP) is 4.03. The van der Waals surface area contributed by atoms with Crippen LogP contribution in [0.25, 0.3) is 11.0 Å². The van der Waals surface area contributed by atoms with E-state index in [2.05, 4.69) is 5.32 Å². The highest BCUT2D eigenvalue weighted by atomic mass is 19.1. The van der Waals surface area contributed by atoms with Gasteiger partial charge in [-0.2, -0.15) is 0 Å². The first-order valence-corrected chi connectivity index (χ1v) is 9.97. The SMILES string of the molecule is O=C(C[C@H]1C(=O)N(C2CCCC2)c2nc3ccccc3n21)Nc1ccc(F)cc1. The molecule has 3 aromatic rings. The van der Waals surface area contributed by atoms with Crippen molar-refractivity contribution in [2.45, 2.75) is 44.2 Å². The summed E-state index contributed by atoms with van der Waals surface area (Å²) < 4.78 is 15.0. The number of imidazole rings is 1. The molecule has 29 heavy (non-hydrogen) atoms. The Hall–Kier alpha value is -3.22. The highest BCUT2D eigenvalue weighted by molar-refractivity contribution is 6.05. The average molecular weight is 392 g/mol. The van der Waals surface area contributed by atoms with Gasteiger partial charge in [-0.25, -0.2) is 9.37 Å². The number of anilines is 2. The van der Waals surface area contributed by atoms with Crippen molar-refractivity contribution in [1.82, 2.24) is 9.55 Å². The number of nitrogens with zero attached hydrogens (tertiary/aromatic N) is 3. The van der Waals surface area contributed by atoms with Gasteiger partial charge in [0.1, 0.15) is 11.9 Å². The minimum absolute atomic E-state index is 0.00673. The first-order chi connectivity index (χ1) is 14.1. The number of halogens is 1. The minimum atomic E-state index is -0.626. The fourth-order valence-electron chi connectivity index (χ4n) is 4.48. The van der Waals surface area contributed by atoms with E-state index >= 15 is 0 Å². The van der Waals surface area contributed by atoms with Gasteiger partial charge < -0.3 is 5.32 Å². The lowest BCUT2D eigenvalue weighted by Crippen LogP contribution is -2.38. The number of nitrogens with one attached hydrogen (secondary N) is 1. The third-order valence-electron chi connectivity index (χ3n) is 5.82. The second-order valence-corrected chi connectivity index (χ2v) is 7.69. The summed E-state index contributed by atoms with van der Waals surface area (Å²) in [5, 5.41) is 2.76. The summed E-state index contributed by atoms with van der Waals surface area (Å²) in [6.45, 7) is 0.